The number of rotatable bonds is 13. The predicted octanol–water partition coefficient (Wildman–Crippen LogP) is 2.82. The van der Waals surface area contributed by atoms with E-state index in [0.717, 1.165) is 51.4 Å². The summed E-state index contributed by atoms with van der Waals surface area (Å²) in [5.74, 6) is -1.79. The fraction of sp³-hybridized carbons (Fsp3) is 0.846. The molecule has 0 aromatic carbocycles. The van der Waals surface area contributed by atoms with Gasteiger partial charge < -0.3 is 25.0 Å². The third kappa shape index (κ3) is 10.2. The molecule has 0 spiro atoms. The monoisotopic (exact) mass is 495 g/mol. The molecule has 2 aliphatic carbocycles. The van der Waals surface area contributed by atoms with Gasteiger partial charge in [-0.25, -0.2) is 0 Å². The van der Waals surface area contributed by atoms with E-state index in [9.17, 15) is 24.3 Å². The largest absolute Gasteiger partial charge is 0.481 e. The van der Waals surface area contributed by atoms with Crippen molar-refractivity contribution in [2.24, 2.45) is 11.8 Å². The van der Waals surface area contributed by atoms with Crippen LogP contribution in [0.15, 0.2) is 0 Å². The Labute approximate surface area is 209 Å². The summed E-state index contributed by atoms with van der Waals surface area (Å²) < 4.78 is 5.53. The lowest BCUT2D eigenvalue weighted by atomic mass is 9.85. The minimum atomic E-state index is -1.02. The number of carbonyl (C=O) groups is 4. The van der Waals surface area contributed by atoms with Crippen molar-refractivity contribution in [2.75, 3.05) is 33.3 Å². The molecule has 2 rings (SSSR count). The van der Waals surface area contributed by atoms with Crippen LogP contribution in [0.3, 0.4) is 0 Å². The molecule has 2 unspecified atom stereocenters. The summed E-state index contributed by atoms with van der Waals surface area (Å²) >= 11 is 0. The molecule has 0 aliphatic heterocycles. The SMILES string of the molecule is COC1CCCCC1C(=O)N(CCC(=O)O)CC(=O)N(CCC(C)C)CC(=O)NC1CCCCC1. The molecule has 200 valence electrons. The van der Waals surface area contributed by atoms with Gasteiger partial charge >= 0.3 is 5.97 Å². The second-order valence-corrected chi connectivity index (χ2v) is 10.5. The van der Waals surface area contributed by atoms with E-state index in [2.05, 4.69) is 19.2 Å². The van der Waals surface area contributed by atoms with Gasteiger partial charge in [0.15, 0.2) is 0 Å². The molecule has 9 nitrogen and oxygen atoms in total. The van der Waals surface area contributed by atoms with Crippen molar-refractivity contribution < 1.29 is 29.0 Å². The van der Waals surface area contributed by atoms with E-state index < -0.39 is 5.97 Å². The van der Waals surface area contributed by atoms with Crippen LogP contribution >= 0.6 is 0 Å². The number of methoxy groups -OCH3 is 1. The van der Waals surface area contributed by atoms with E-state index in [-0.39, 0.29) is 61.8 Å². The normalized spacial score (nSPS) is 20.9. The lowest BCUT2D eigenvalue weighted by Crippen LogP contribution is -2.51. The summed E-state index contributed by atoms with van der Waals surface area (Å²) in [5, 5.41) is 12.3. The van der Waals surface area contributed by atoms with Crippen LogP contribution in [-0.2, 0) is 23.9 Å². The van der Waals surface area contributed by atoms with Gasteiger partial charge in [0.1, 0.15) is 0 Å². The number of amides is 3. The van der Waals surface area contributed by atoms with E-state index in [0.29, 0.717) is 18.9 Å². The zero-order chi connectivity index (χ0) is 25.8. The highest BCUT2D eigenvalue weighted by Gasteiger charge is 2.35. The van der Waals surface area contributed by atoms with Crippen LogP contribution in [0.4, 0.5) is 0 Å². The van der Waals surface area contributed by atoms with Gasteiger partial charge in [-0.2, -0.15) is 0 Å². The second-order valence-electron chi connectivity index (χ2n) is 10.5. The third-order valence-electron chi connectivity index (χ3n) is 7.19. The molecule has 0 saturated heterocycles. The van der Waals surface area contributed by atoms with Crippen LogP contribution in [0.5, 0.6) is 0 Å². The minimum Gasteiger partial charge on any atom is -0.481 e. The molecule has 9 heteroatoms. The van der Waals surface area contributed by atoms with Gasteiger partial charge in [0.2, 0.25) is 17.7 Å². The van der Waals surface area contributed by atoms with E-state index >= 15 is 0 Å². The van der Waals surface area contributed by atoms with E-state index in [1.54, 1.807) is 7.11 Å². The highest BCUT2D eigenvalue weighted by atomic mass is 16.5. The number of carboxylic acids is 1. The fourth-order valence-electron chi connectivity index (χ4n) is 5.06. The summed E-state index contributed by atoms with van der Waals surface area (Å²) in [6.07, 6.45) is 8.91. The summed E-state index contributed by atoms with van der Waals surface area (Å²) in [5.41, 5.74) is 0. The van der Waals surface area contributed by atoms with Crippen LogP contribution in [0, 0.1) is 11.8 Å². The van der Waals surface area contributed by atoms with Crippen LogP contribution < -0.4 is 5.32 Å². The zero-order valence-electron chi connectivity index (χ0n) is 21.8. The van der Waals surface area contributed by atoms with Gasteiger partial charge in [-0.15, -0.1) is 0 Å². The molecule has 2 saturated carbocycles. The fourth-order valence-corrected chi connectivity index (χ4v) is 5.06. The first-order chi connectivity index (χ1) is 16.7. The minimum absolute atomic E-state index is 0.0425. The number of carbonyl (C=O) groups excluding carboxylic acids is 3. The average molecular weight is 496 g/mol. The van der Waals surface area contributed by atoms with Crippen LogP contribution in [0.25, 0.3) is 0 Å². The lowest BCUT2D eigenvalue weighted by Gasteiger charge is -2.34. The van der Waals surface area contributed by atoms with E-state index in [1.165, 1.54) is 16.2 Å². The number of hydrogen-bond acceptors (Lipinski definition) is 5. The Morgan fingerprint density at radius 3 is 2.20 bits per heavy atom. The Bertz CT molecular complexity index is 707. The first-order valence-electron chi connectivity index (χ1n) is 13.3. The van der Waals surface area contributed by atoms with Crippen molar-refractivity contribution in [1.82, 2.24) is 15.1 Å². The summed E-state index contributed by atoms with van der Waals surface area (Å²) in [6.45, 7) is 4.21. The van der Waals surface area contributed by atoms with Gasteiger partial charge in [-0.3, -0.25) is 19.2 Å². The quantitative estimate of drug-likeness (QED) is 0.406. The first-order valence-corrected chi connectivity index (χ1v) is 13.3. The highest BCUT2D eigenvalue weighted by molar-refractivity contribution is 5.89. The maximum atomic E-state index is 13.4. The smallest absolute Gasteiger partial charge is 0.305 e. The Balaban J connectivity index is 2.09. The number of aliphatic carboxylic acids is 1. The molecule has 2 atom stereocenters. The molecule has 0 aromatic rings. The average Bonchev–Trinajstić information content (AvgIpc) is 2.84. The Kier molecular flexibility index (Phi) is 12.5. The molecule has 0 bridgehead atoms. The van der Waals surface area contributed by atoms with E-state index in [4.69, 9.17) is 4.74 Å². The molecular weight excluding hydrogens is 450 g/mol. The second kappa shape index (κ2) is 15.1. The molecule has 3 amide bonds. The maximum Gasteiger partial charge on any atom is 0.305 e. The summed E-state index contributed by atoms with van der Waals surface area (Å²) in [6, 6.07) is 0.157. The van der Waals surface area contributed by atoms with Crippen LogP contribution in [-0.4, -0.2) is 84.0 Å². The van der Waals surface area contributed by atoms with Crippen molar-refractivity contribution in [3.63, 3.8) is 0 Å². The van der Waals surface area contributed by atoms with Crippen molar-refractivity contribution in [3.05, 3.63) is 0 Å². The molecule has 2 aliphatic rings. The molecule has 35 heavy (non-hydrogen) atoms. The van der Waals surface area contributed by atoms with Gasteiger partial charge in [0.25, 0.3) is 0 Å². The van der Waals surface area contributed by atoms with Gasteiger partial charge in [0, 0.05) is 26.2 Å². The highest BCUT2D eigenvalue weighted by Crippen LogP contribution is 2.28. The molecule has 0 heterocycles. The van der Waals surface area contributed by atoms with Crippen molar-refractivity contribution in [2.45, 2.75) is 96.6 Å². The standard InChI is InChI=1S/C26H45N3O6/c1-19(2)13-15-28(17-23(30)27-20-9-5-4-6-10-20)24(31)18-29(16-14-25(32)33)26(34)21-11-7-8-12-22(21)35-3/h19-22H,4-18H2,1-3H3,(H,27,30)(H,32,33). The Hall–Kier alpha value is -2.16. The molecule has 2 N–H and O–H groups in total. The predicted molar refractivity (Wildman–Crippen MR) is 133 cm³/mol. The first kappa shape index (κ1) is 29.1. The molecule has 0 radical (unpaired) electrons. The van der Waals surface area contributed by atoms with Crippen molar-refractivity contribution in [3.8, 4) is 0 Å². The van der Waals surface area contributed by atoms with E-state index in [1.807, 2.05) is 0 Å². The summed E-state index contributed by atoms with van der Waals surface area (Å²) in [7, 11) is 1.58. The van der Waals surface area contributed by atoms with Crippen LogP contribution in [0.1, 0.15) is 84.5 Å². The Morgan fingerprint density at radius 2 is 1.57 bits per heavy atom. The number of ether oxygens (including phenoxy) is 1. The number of nitrogens with zero attached hydrogens (tertiary/aromatic N) is 2. The van der Waals surface area contributed by atoms with Gasteiger partial charge in [-0.1, -0.05) is 46.0 Å². The van der Waals surface area contributed by atoms with Crippen molar-refractivity contribution >= 4 is 23.7 Å². The molecular formula is C26H45N3O6. The van der Waals surface area contributed by atoms with Gasteiger partial charge in [-0.05, 0) is 38.0 Å². The zero-order valence-corrected chi connectivity index (χ0v) is 21.8. The number of hydrogen-bond donors (Lipinski definition) is 2. The summed E-state index contributed by atoms with van der Waals surface area (Å²) in [4.78, 5) is 53.6. The number of carboxylic acid groups (broad SMARTS) is 1. The van der Waals surface area contributed by atoms with Crippen molar-refractivity contribution in [1.29, 1.82) is 0 Å². The molecule has 0 aromatic heterocycles. The van der Waals surface area contributed by atoms with Gasteiger partial charge in [0.05, 0.1) is 31.5 Å². The molecule has 2 fully saturated rings. The lowest BCUT2D eigenvalue weighted by molar-refractivity contribution is -0.149. The third-order valence-corrected chi connectivity index (χ3v) is 7.19. The maximum absolute atomic E-state index is 13.4. The topological polar surface area (TPSA) is 116 Å². The van der Waals surface area contributed by atoms with Crippen LogP contribution in [0.2, 0.25) is 0 Å². The number of nitrogens with one attached hydrogen (secondary N) is 1. The Morgan fingerprint density at radius 1 is 0.914 bits per heavy atom.